The predicted octanol–water partition coefficient (Wildman–Crippen LogP) is 7.23. The Hall–Kier alpha value is -3.95. The van der Waals surface area contributed by atoms with E-state index in [-0.39, 0.29) is 11.4 Å². The number of carboxylic acid groups (broad SMARTS) is 1. The maximum atomic E-state index is 11.7. The summed E-state index contributed by atoms with van der Waals surface area (Å²) in [6.45, 7) is 16.4. The van der Waals surface area contributed by atoms with Gasteiger partial charge >= 0.3 is 5.97 Å². The van der Waals surface area contributed by atoms with Crippen LogP contribution in [0.15, 0.2) is 60.0 Å². The molecule has 2 aliphatic heterocycles. The van der Waals surface area contributed by atoms with E-state index < -0.39 is 5.97 Å². The lowest BCUT2D eigenvalue weighted by Crippen LogP contribution is -2.40. The Labute approximate surface area is 267 Å². The summed E-state index contributed by atoms with van der Waals surface area (Å²) < 4.78 is 19.3. The number of ether oxygens (including phenoxy) is 3. The van der Waals surface area contributed by atoms with E-state index in [1.165, 1.54) is 28.4 Å². The van der Waals surface area contributed by atoms with Crippen LogP contribution in [-0.2, 0) is 29.0 Å². The molecule has 0 spiro atoms. The first kappa shape index (κ1) is 33.9. The number of carboxylic acids is 1. The van der Waals surface area contributed by atoms with E-state index in [0.29, 0.717) is 30.8 Å². The van der Waals surface area contributed by atoms with Gasteiger partial charge in [0.1, 0.15) is 17.9 Å². The van der Waals surface area contributed by atoms with Crippen LogP contribution in [0.5, 0.6) is 5.88 Å². The standard InChI is InChI=1S/C34H42N4O5.C2H6/c1-5-28(30-12-7-13-31(36-30)38-33(42-6-2)29(19-35-38)34(39)40)32(23(3)4)43-21-24-14-15-26-20-37(16-8-10-25(26)18-24)27-11-9-17-41-22-27;1-2/h5,7,12-15,18-19,27H,6,8-11,16-17,20-22H2,1-4H3,(H,39,40);1-2H3/b28-5-;. The highest BCUT2D eigenvalue weighted by Gasteiger charge is 2.25. The summed E-state index contributed by atoms with van der Waals surface area (Å²) in [5, 5.41) is 13.8. The van der Waals surface area contributed by atoms with E-state index in [9.17, 15) is 9.90 Å². The lowest BCUT2D eigenvalue weighted by Gasteiger charge is -2.33. The van der Waals surface area contributed by atoms with Gasteiger partial charge in [0.05, 0.1) is 25.1 Å². The lowest BCUT2D eigenvalue weighted by atomic mass is 10.0. The van der Waals surface area contributed by atoms with Gasteiger partial charge in [0.2, 0.25) is 5.88 Å². The quantitative estimate of drug-likeness (QED) is 0.188. The van der Waals surface area contributed by atoms with Crippen LogP contribution in [0.1, 0.15) is 93.5 Å². The fraction of sp³-hybridized carbons (Fsp3) is 0.472. The van der Waals surface area contributed by atoms with Gasteiger partial charge in [-0.2, -0.15) is 9.78 Å². The van der Waals surface area contributed by atoms with Crippen molar-refractivity contribution in [1.82, 2.24) is 19.7 Å². The zero-order valence-electron chi connectivity index (χ0n) is 27.6. The Kier molecular flexibility index (Phi) is 12.4. The highest BCUT2D eigenvalue weighted by molar-refractivity contribution is 5.90. The number of hydrogen-bond donors (Lipinski definition) is 1. The second kappa shape index (κ2) is 16.4. The second-order valence-electron chi connectivity index (χ2n) is 11.3. The molecule has 0 bridgehead atoms. The Bertz CT molecular complexity index is 1500. The first-order valence-electron chi connectivity index (χ1n) is 16.2. The maximum Gasteiger partial charge on any atom is 0.342 e. The van der Waals surface area contributed by atoms with E-state index in [0.717, 1.165) is 68.0 Å². The molecule has 1 aromatic carbocycles. The lowest BCUT2D eigenvalue weighted by molar-refractivity contribution is 0.0151. The summed E-state index contributed by atoms with van der Waals surface area (Å²) >= 11 is 0. The molecule has 0 radical (unpaired) electrons. The van der Waals surface area contributed by atoms with Crippen molar-refractivity contribution in [2.24, 2.45) is 0 Å². The van der Waals surface area contributed by atoms with Crippen molar-refractivity contribution < 1.29 is 24.1 Å². The smallest absolute Gasteiger partial charge is 0.342 e. The molecule has 2 aliphatic rings. The number of rotatable bonds is 10. The highest BCUT2D eigenvalue weighted by Crippen LogP contribution is 2.30. The monoisotopic (exact) mass is 616 g/mol. The fourth-order valence-electron chi connectivity index (χ4n) is 5.91. The highest BCUT2D eigenvalue weighted by atomic mass is 16.5. The second-order valence-corrected chi connectivity index (χ2v) is 11.3. The third-order valence-corrected chi connectivity index (χ3v) is 8.02. The van der Waals surface area contributed by atoms with E-state index in [4.69, 9.17) is 19.2 Å². The number of aromatic nitrogens is 3. The molecule has 1 fully saturated rings. The van der Waals surface area contributed by atoms with Gasteiger partial charge in [0.15, 0.2) is 5.82 Å². The number of hydrogen-bond acceptors (Lipinski definition) is 7. The van der Waals surface area contributed by atoms with Gasteiger partial charge in [-0.3, -0.25) is 4.90 Å². The van der Waals surface area contributed by atoms with Crippen molar-refractivity contribution in [2.45, 2.75) is 86.4 Å². The molecule has 5 rings (SSSR count). The number of pyridine rings is 1. The molecule has 1 saturated heterocycles. The average molecular weight is 617 g/mol. The van der Waals surface area contributed by atoms with Crippen LogP contribution < -0.4 is 4.74 Å². The van der Waals surface area contributed by atoms with Gasteiger partial charge in [-0.15, -0.1) is 0 Å². The summed E-state index contributed by atoms with van der Waals surface area (Å²) in [6.07, 6.45) is 7.86. The third kappa shape index (κ3) is 8.21. The predicted molar refractivity (Wildman–Crippen MR) is 177 cm³/mol. The minimum absolute atomic E-state index is 0.00917. The number of aromatic carboxylic acids is 1. The fourth-order valence-corrected chi connectivity index (χ4v) is 5.91. The zero-order chi connectivity index (χ0) is 32.3. The molecule has 9 heteroatoms. The summed E-state index contributed by atoms with van der Waals surface area (Å²) in [7, 11) is 0. The van der Waals surface area contributed by atoms with E-state index in [1.54, 1.807) is 13.0 Å². The van der Waals surface area contributed by atoms with Gasteiger partial charge in [-0.1, -0.05) is 44.2 Å². The first-order valence-corrected chi connectivity index (χ1v) is 16.2. The molecule has 0 saturated carbocycles. The number of allylic oxidation sites excluding steroid dienone is 3. The van der Waals surface area contributed by atoms with Crippen molar-refractivity contribution in [1.29, 1.82) is 0 Å². The number of benzene rings is 1. The van der Waals surface area contributed by atoms with Crippen molar-refractivity contribution in [3.8, 4) is 11.7 Å². The van der Waals surface area contributed by atoms with Crippen LogP contribution in [0.3, 0.4) is 0 Å². The van der Waals surface area contributed by atoms with Crippen LogP contribution >= 0.6 is 0 Å². The number of fused-ring (bicyclic) bond motifs is 1. The minimum atomic E-state index is -1.10. The van der Waals surface area contributed by atoms with Gasteiger partial charge in [0.25, 0.3) is 0 Å². The van der Waals surface area contributed by atoms with E-state index in [2.05, 4.69) is 28.2 Å². The summed E-state index contributed by atoms with van der Waals surface area (Å²) in [5.41, 5.74) is 6.52. The largest absolute Gasteiger partial charge is 0.488 e. The van der Waals surface area contributed by atoms with Gasteiger partial charge in [0, 0.05) is 24.8 Å². The Morgan fingerprint density at radius 1 is 1.16 bits per heavy atom. The Balaban J connectivity index is 0.00000226. The normalized spacial score (nSPS) is 16.9. The number of nitrogens with zero attached hydrogens (tertiary/aromatic N) is 4. The van der Waals surface area contributed by atoms with Gasteiger partial charge in [-0.05, 0) is 94.3 Å². The van der Waals surface area contributed by atoms with Gasteiger partial charge in [-0.25, -0.2) is 9.78 Å². The molecular formula is C36H48N4O5. The van der Waals surface area contributed by atoms with Crippen molar-refractivity contribution in [3.05, 3.63) is 88.0 Å². The SMILES string of the molecule is C/C=C(\C(OCc1ccc2c(c1)CCCN(C1CCCOC1)C2)=C(C)C)c1cccc(-n2ncc(C(=O)O)c2OCC)n1.CC. The molecular weight excluding hydrogens is 568 g/mol. The molecule has 1 N–H and O–H groups in total. The summed E-state index contributed by atoms with van der Waals surface area (Å²) in [4.78, 5) is 19.1. The first-order chi connectivity index (χ1) is 21.9. The number of carbonyl (C=O) groups is 1. The van der Waals surface area contributed by atoms with Crippen LogP contribution in [0.4, 0.5) is 0 Å². The van der Waals surface area contributed by atoms with Crippen LogP contribution in [-0.4, -0.2) is 63.1 Å². The van der Waals surface area contributed by atoms with E-state index in [1.807, 2.05) is 52.8 Å². The molecule has 45 heavy (non-hydrogen) atoms. The van der Waals surface area contributed by atoms with Crippen molar-refractivity contribution in [3.63, 3.8) is 0 Å². The molecule has 0 aliphatic carbocycles. The molecule has 1 unspecified atom stereocenters. The summed E-state index contributed by atoms with van der Waals surface area (Å²) in [5.74, 6) is 0.274. The average Bonchev–Trinajstić information content (AvgIpc) is 3.36. The third-order valence-electron chi connectivity index (χ3n) is 8.02. The van der Waals surface area contributed by atoms with Gasteiger partial charge < -0.3 is 19.3 Å². The summed E-state index contributed by atoms with van der Waals surface area (Å²) in [6, 6.07) is 12.8. The van der Waals surface area contributed by atoms with E-state index >= 15 is 0 Å². The maximum absolute atomic E-state index is 11.7. The zero-order valence-corrected chi connectivity index (χ0v) is 27.6. The van der Waals surface area contributed by atoms with Crippen molar-refractivity contribution >= 4 is 11.5 Å². The van der Waals surface area contributed by atoms with Crippen LogP contribution in [0, 0.1) is 0 Å². The molecule has 3 aromatic rings. The molecule has 4 heterocycles. The minimum Gasteiger partial charge on any atom is -0.488 e. The number of aryl methyl sites for hydroxylation is 1. The van der Waals surface area contributed by atoms with Crippen molar-refractivity contribution in [2.75, 3.05) is 26.4 Å². The molecule has 1 atom stereocenters. The topological polar surface area (TPSA) is 98.9 Å². The van der Waals surface area contributed by atoms with Crippen LogP contribution in [0.2, 0.25) is 0 Å². The molecule has 2 aromatic heterocycles. The molecule has 0 amide bonds. The Morgan fingerprint density at radius 2 is 1.98 bits per heavy atom. The molecule has 9 nitrogen and oxygen atoms in total. The Morgan fingerprint density at radius 3 is 2.67 bits per heavy atom. The molecule has 242 valence electrons. The van der Waals surface area contributed by atoms with Crippen LogP contribution in [0.25, 0.3) is 11.4 Å².